The molecule has 0 fully saturated rings. The third kappa shape index (κ3) is 1.64. The number of nitrogens with one attached hydrogen (secondary N) is 1. The molecule has 1 amide bonds. The van der Waals surface area contributed by atoms with Crippen molar-refractivity contribution in [2.75, 3.05) is 0 Å². The number of imidazole rings is 1. The van der Waals surface area contributed by atoms with Gasteiger partial charge in [-0.3, -0.25) is 9.36 Å². The average Bonchev–Trinajstić information content (AvgIpc) is 2.56. The van der Waals surface area contributed by atoms with E-state index in [2.05, 4.69) is 4.98 Å². The van der Waals surface area contributed by atoms with E-state index in [-0.39, 0.29) is 10.3 Å². The summed E-state index contributed by atoms with van der Waals surface area (Å²) < 4.78 is 15.5. The topological polar surface area (TPSA) is 63.8 Å². The van der Waals surface area contributed by atoms with Gasteiger partial charge in [-0.2, -0.15) is 0 Å². The first-order valence-electron chi connectivity index (χ1n) is 5.05. The van der Waals surface area contributed by atoms with Gasteiger partial charge in [0.05, 0.1) is 5.52 Å². The highest BCUT2D eigenvalue weighted by Crippen LogP contribution is 2.25. The summed E-state index contributed by atoms with van der Waals surface area (Å²) in [4.78, 5) is 14.3. The number of hydrogen-bond acceptors (Lipinski definition) is 2. The number of fused-ring (bicyclic) bond motifs is 1. The van der Waals surface area contributed by atoms with Gasteiger partial charge in [-0.1, -0.05) is 6.07 Å². The second-order valence-corrected chi connectivity index (χ2v) is 4.71. The zero-order chi connectivity index (χ0) is 12.8. The van der Waals surface area contributed by atoms with Gasteiger partial charge >= 0.3 is 0 Å². The summed E-state index contributed by atoms with van der Waals surface area (Å²) in [6.45, 7) is 3.20. The molecule has 0 bridgehead atoms. The fourth-order valence-corrected chi connectivity index (χ4v) is 2.19. The molecule has 0 spiro atoms. The molecule has 90 valence electrons. The molecule has 0 radical (unpaired) electrons. The Balaban J connectivity index is 2.91. The summed E-state index contributed by atoms with van der Waals surface area (Å²) in [5, 5.41) is 0. The second-order valence-electron chi connectivity index (χ2n) is 4.32. The highest BCUT2D eigenvalue weighted by Gasteiger charge is 2.30. The molecule has 1 heterocycles. The van der Waals surface area contributed by atoms with Gasteiger partial charge in [0.15, 0.2) is 4.77 Å². The predicted molar refractivity (Wildman–Crippen MR) is 65.6 cm³/mol. The molecule has 3 N–H and O–H groups in total. The molecule has 17 heavy (non-hydrogen) atoms. The summed E-state index contributed by atoms with van der Waals surface area (Å²) in [6, 6.07) is 4.59. The second kappa shape index (κ2) is 3.66. The fourth-order valence-electron chi connectivity index (χ4n) is 1.76. The molecule has 0 aliphatic carbocycles. The number of carbonyl (C=O) groups excluding carboxylic acids is 1. The summed E-state index contributed by atoms with van der Waals surface area (Å²) in [6.07, 6.45) is 0. The van der Waals surface area contributed by atoms with Crippen LogP contribution in [0.5, 0.6) is 0 Å². The van der Waals surface area contributed by atoms with Gasteiger partial charge in [0.1, 0.15) is 16.9 Å². The SMILES string of the molecule is CC(C)(C(N)=O)n1c(=S)[nH]c2cccc(F)c21. The minimum Gasteiger partial charge on any atom is -0.368 e. The highest BCUT2D eigenvalue weighted by molar-refractivity contribution is 7.71. The zero-order valence-electron chi connectivity index (χ0n) is 9.45. The van der Waals surface area contributed by atoms with Crippen molar-refractivity contribution in [3.05, 3.63) is 28.8 Å². The van der Waals surface area contributed by atoms with Crippen molar-refractivity contribution < 1.29 is 9.18 Å². The zero-order valence-corrected chi connectivity index (χ0v) is 10.3. The summed E-state index contributed by atoms with van der Waals surface area (Å²) in [5.74, 6) is -1.01. The number of primary amides is 1. The lowest BCUT2D eigenvalue weighted by atomic mass is 10.0. The molecule has 0 saturated heterocycles. The quantitative estimate of drug-likeness (QED) is 0.805. The van der Waals surface area contributed by atoms with Crippen LogP contribution in [0.4, 0.5) is 4.39 Å². The Labute approximate surface area is 102 Å². The van der Waals surface area contributed by atoms with E-state index in [1.807, 2.05) is 0 Å². The van der Waals surface area contributed by atoms with Crippen LogP contribution in [0, 0.1) is 10.6 Å². The molecule has 0 aliphatic rings. The number of para-hydroxylation sites is 1. The number of nitrogens with two attached hydrogens (primary N) is 1. The van der Waals surface area contributed by atoms with Crippen molar-refractivity contribution in [1.82, 2.24) is 9.55 Å². The molecule has 2 rings (SSSR count). The molecule has 1 aromatic carbocycles. The van der Waals surface area contributed by atoms with Crippen molar-refractivity contribution in [3.8, 4) is 0 Å². The number of nitrogens with zero attached hydrogens (tertiary/aromatic N) is 1. The summed E-state index contributed by atoms with van der Waals surface area (Å²) in [7, 11) is 0. The standard InChI is InChI=1S/C11H12FN3OS/c1-11(2,9(13)16)15-8-6(12)4-3-5-7(8)14-10(15)17/h3-5H,1-2H3,(H2,13,16)(H,14,17). The smallest absolute Gasteiger partial charge is 0.243 e. The molecule has 2 aromatic rings. The maximum atomic E-state index is 13.8. The van der Waals surface area contributed by atoms with Crippen LogP contribution in [0.3, 0.4) is 0 Å². The first-order valence-corrected chi connectivity index (χ1v) is 5.46. The minimum atomic E-state index is -1.09. The molecule has 4 nitrogen and oxygen atoms in total. The Morgan fingerprint density at radius 1 is 1.53 bits per heavy atom. The maximum absolute atomic E-state index is 13.8. The number of hydrogen-bond donors (Lipinski definition) is 2. The molecule has 0 atom stereocenters. The van der Waals surface area contributed by atoms with Crippen LogP contribution < -0.4 is 5.73 Å². The van der Waals surface area contributed by atoms with Gasteiger partial charge in [0.25, 0.3) is 0 Å². The Morgan fingerprint density at radius 3 is 2.76 bits per heavy atom. The molecule has 6 heteroatoms. The molecule has 0 unspecified atom stereocenters. The summed E-state index contributed by atoms with van der Waals surface area (Å²) in [5.41, 5.74) is 5.05. The van der Waals surface area contributed by atoms with E-state index in [1.165, 1.54) is 10.6 Å². The van der Waals surface area contributed by atoms with Crippen LogP contribution in [-0.2, 0) is 10.3 Å². The molecular weight excluding hydrogens is 241 g/mol. The van der Waals surface area contributed by atoms with Crippen LogP contribution in [0.1, 0.15) is 13.8 Å². The molecular formula is C11H12FN3OS. The van der Waals surface area contributed by atoms with Gasteiger partial charge < -0.3 is 10.7 Å². The molecule has 0 aliphatic heterocycles. The Bertz CT molecular complexity index is 656. The van der Waals surface area contributed by atoms with Crippen LogP contribution in [-0.4, -0.2) is 15.5 Å². The van der Waals surface area contributed by atoms with Crippen LogP contribution in [0.25, 0.3) is 11.0 Å². The Kier molecular flexibility index (Phi) is 2.54. The van der Waals surface area contributed by atoms with Crippen molar-refractivity contribution in [1.29, 1.82) is 0 Å². The van der Waals surface area contributed by atoms with E-state index in [0.717, 1.165) is 0 Å². The third-order valence-corrected chi connectivity index (χ3v) is 3.10. The summed E-state index contributed by atoms with van der Waals surface area (Å²) >= 11 is 5.11. The monoisotopic (exact) mass is 253 g/mol. The Morgan fingerprint density at radius 2 is 2.18 bits per heavy atom. The first-order chi connectivity index (χ1) is 7.85. The number of amides is 1. The van der Waals surface area contributed by atoms with Crippen molar-refractivity contribution >= 4 is 29.2 Å². The number of aromatic amines is 1. The van der Waals surface area contributed by atoms with E-state index < -0.39 is 17.3 Å². The largest absolute Gasteiger partial charge is 0.368 e. The first kappa shape index (κ1) is 11.8. The molecule has 0 saturated carbocycles. The van der Waals surface area contributed by atoms with Crippen molar-refractivity contribution in [3.63, 3.8) is 0 Å². The van der Waals surface area contributed by atoms with Gasteiger partial charge in [0.2, 0.25) is 5.91 Å². The number of halogens is 1. The average molecular weight is 253 g/mol. The maximum Gasteiger partial charge on any atom is 0.243 e. The number of H-pyrrole nitrogens is 1. The van der Waals surface area contributed by atoms with E-state index in [0.29, 0.717) is 5.52 Å². The lowest BCUT2D eigenvalue weighted by Crippen LogP contribution is -2.41. The molecule has 1 aromatic heterocycles. The predicted octanol–water partition coefficient (Wildman–Crippen LogP) is 2.06. The van der Waals surface area contributed by atoms with Gasteiger partial charge in [-0.05, 0) is 38.2 Å². The van der Waals surface area contributed by atoms with Gasteiger partial charge in [-0.15, -0.1) is 0 Å². The number of rotatable bonds is 2. The van der Waals surface area contributed by atoms with E-state index in [1.54, 1.807) is 26.0 Å². The lowest BCUT2D eigenvalue weighted by molar-refractivity contribution is -0.124. The van der Waals surface area contributed by atoms with Crippen LogP contribution in [0.2, 0.25) is 0 Å². The van der Waals surface area contributed by atoms with Crippen LogP contribution in [0.15, 0.2) is 18.2 Å². The number of carbonyl (C=O) groups is 1. The minimum absolute atomic E-state index is 0.265. The Hall–Kier alpha value is -1.69. The van der Waals surface area contributed by atoms with Crippen molar-refractivity contribution in [2.24, 2.45) is 5.73 Å². The number of benzene rings is 1. The van der Waals surface area contributed by atoms with Crippen LogP contribution >= 0.6 is 12.2 Å². The normalized spacial score (nSPS) is 11.9. The van der Waals surface area contributed by atoms with E-state index in [9.17, 15) is 9.18 Å². The third-order valence-electron chi connectivity index (χ3n) is 2.82. The fraction of sp³-hybridized carbons (Fsp3) is 0.273. The highest BCUT2D eigenvalue weighted by atomic mass is 32.1. The van der Waals surface area contributed by atoms with E-state index >= 15 is 0 Å². The number of aromatic nitrogens is 2. The van der Waals surface area contributed by atoms with E-state index in [4.69, 9.17) is 18.0 Å². The van der Waals surface area contributed by atoms with Gasteiger partial charge in [0, 0.05) is 0 Å². The van der Waals surface area contributed by atoms with Crippen molar-refractivity contribution in [2.45, 2.75) is 19.4 Å². The van der Waals surface area contributed by atoms with Gasteiger partial charge in [-0.25, -0.2) is 4.39 Å². The lowest BCUT2D eigenvalue weighted by Gasteiger charge is -2.23.